The molecule has 1 N–H and O–H groups in total. The summed E-state index contributed by atoms with van der Waals surface area (Å²) in [6.45, 7) is 5.86. The number of halogens is 1. The van der Waals surface area contributed by atoms with Crippen molar-refractivity contribution in [3.05, 3.63) is 89.4 Å². The van der Waals surface area contributed by atoms with Crippen molar-refractivity contribution in [3.63, 3.8) is 0 Å². The quantitative estimate of drug-likeness (QED) is 0.290. The van der Waals surface area contributed by atoms with Gasteiger partial charge in [0.1, 0.15) is 18.3 Å². The average molecular weight is 586 g/mol. The summed E-state index contributed by atoms with van der Waals surface area (Å²) in [6.07, 6.45) is 1.25. The van der Waals surface area contributed by atoms with Crippen LogP contribution in [0, 0.1) is 0 Å². The summed E-state index contributed by atoms with van der Waals surface area (Å²) in [7, 11) is -4.22. The van der Waals surface area contributed by atoms with Crippen LogP contribution in [0.15, 0.2) is 83.8 Å². The van der Waals surface area contributed by atoms with E-state index in [0.29, 0.717) is 30.3 Å². The zero-order chi connectivity index (χ0) is 29.1. The van der Waals surface area contributed by atoms with Crippen molar-refractivity contribution < 1.29 is 22.7 Å². The van der Waals surface area contributed by atoms with Gasteiger partial charge in [0.15, 0.2) is 0 Å². The van der Waals surface area contributed by atoms with Crippen LogP contribution in [0.3, 0.4) is 0 Å². The van der Waals surface area contributed by atoms with Crippen molar-refractivity contribution in [1.82, 2.24) is 10.2 Å². The lowest BCUT2D eigenvalue weighted by atomic mass is 10.1. The SMILES string of the molecule is CCCNC(=O)[C@H](C)N(CCc1ccccc1)C(=O)CN(c1ccccc1OCC)S(=O)(=O)c1ccc(Cl)cc1. The van der Waals surface area contributed by atoms with Gasteiger partial charge in [0.2, 0.25) is 11.8 Å². The normalized spacial score (nSPS) is 11.9. The molecule has 214 valence electrons. The van der Waals surface area contributed by atoms with E-state index in [0.717, 1.165) is 16.3 Å². The van der Waals surface area contributed by atoms with E-state index < -0.39 is 28.5 Å². The largest absolute Gasteiger partial charge is 0.492 e. The molecule has 0 spiro atoms. The van der Waals surface area contributed by atoms with Crippen molar-refractivity contribution in [1.29, 1.82) is 0 Å². The summed E-state index contributed by atoms with van der Waals surface area (Å²) in [6, 6.07) is 21.2. The lowest BCUT2D eigenvalue weighted by molar-refractivity contribution is -0.138. The number of nitrogens with one attached hydrogen (secondary N) is 1. The Balaban J connectivity index is 2.02. The predicted octanol–water partition coefficient (Wildman–Crippen LogP) is 4.92. The maximum atomic E-state index is 14.0. The highest BCUT2D eigenvalue weighted by molar-refractivity contribution is 7.92. The first-order valence-electron chi connectivity index (χ1n) is 13.3. The molecule has 0 aromatic heterocycles. The third kappa shape index (κ3) is 7.99. The minimum Gasteiger partial charge on any atom is -0.492 e. The maximum absolute atomic E-state index is 14.0. The first kappa shape index (κ1) is 31.0. The third-order valence-corrected chi connectivity index (χ3v) is 8.34. The fraction of sp³-hybridized carbons (Fsp3) is 0.333. The first-order valence-corrected chi connectivity index (χ1v) is 15.1. The lowest BCUT2D eigenvalue weighted by Gasteiger charge is -2.32. The van der Waals surface area contributed by atoms with Crippen molar-refractivity contribution >= 4 is 39.1 Å². The molecule has 0 aliphatic rings. The topological polar surface area (TPSA) is 96.0 Å². The van der Waals surface area contributed by atoms with Crippen LogP contribution in [-0.4, -0.2) is 57.4 Å². The van der Waals surface area contributed by atoms with Crippen molar-refractivity contribution in [2.24, 2.45) is 0 Å². The Morgan fingerprint density at radius 1 is 0.950 bits per heavy atom. The highest BCUT2D eigenvalue weighted by atomic mass is 35.5. The minimum atomic E-state index is -4.22. The highest BCUT2D eigenvalue weighted by Crippen LogP contribution is 2.33. The maximum Gasteiger partial charge on any atom is 0.264 e. The molecule has 0 unspecified atom stereocenters. The van der Waals surface area contributed by atoms with E-state index in [2.05, 4.69) is 5.32 Å². The number of ether oxygens (including phenoxy) is 1. The Morgan fingerprint density at radius 3 is 2.25 bits per heavy atom. The number of carbonyl (C=O) groups excluding carboxylic acids is 2. The minimum absolute atomic E-state index is 0.0272. The number of anilines is 1. The summed E-state index contributed by atoms with van der Waals surface area (Å²) in [4.78, 5) is 28.3. The molecular formula is C30H36ClN3O5S. The first-order chi connectivity index (χ1) is 19.2. The van der Waals surface area contributed by atoms with Gasteiger partial charge < -0.3 is 15.0 Å². The third-order valence-electron chi connectivity index (χ3n) is 6.32. The van der Waals surface area contributed by atoms with E-state index in [1.165, 1.54) is 29.2 Å². The van der Waals surface area contributed by atoms with Gasteiger partial charge in [-0.05, 0) is 68.7 Å². The van der Waals surface area contributed by atoms with Gasteiger partial charge in [0.05, 0.1) is 17.2 Å². The number of sulfonamides is 1. The molecular weight excluding hydrogens is 550 g/mol. The van der Waals surface area contributed by atoms with Gasteiger partial charge in [-0.25, -0.2) is 8.42 Å². The molecule has 0 radical (unpaired) electrons. The monoisotopic (exact) mass is 585 g/mol. The molecule has 2 amide bonds. The zero-order valence-corrected chi connectivity index (χ0v) is 24.6. The number of para-hydroxylation sites is 2. The van der Waals surface area contributed by atoms with Crippen LogP contribution >= 0.6 is 11.6 Å². The van der Waals surface area contributed by atoms with Gasteiger partial charge >= 0.3 is 0 Å². The van der Waals surface area contributed by atoms with Crippen LogP contribution in [0.5, 0.6) is 5.75 Å². The molecule has 0 fully saturated rings. The molecule has 10 heteroatoms. The molecule has 3 aromatic carbocycles. The number of rotatable bonds is 14. The number of hydrogen-bond donors (Lipinski definition) is 1. The van der Waals surface area contributed by atoms with E-state index in [1.54, 1.807) is 38.1 Å². The molecule has 3 aromatic rings. The van der Waals surface area contributed by atoms with Crippen molar-refractivity contribution in [2.45, 2.75) is 44.6 Å². The lowest BCUT2D eigenvalue weighted by Crippen LogP contribution is -2.52. The smallest absolute Gasteiger partial charge is 0.264 e. The summed E-state index contributed by atoms with van der Waals surface area (Å²) < 4.78 is 34.7. The standard InChI is InChI=1S/C30H36ClN3O5S/c1-4-20-32-30(36)23(3)33(21-19-24-11-7-6-8-12-24)29(35)22-34(27-13-9-10-14-28(27)39-5-2)40(37,38)26-17-15-25(31)16-18-26/h6-18,23H,4-5,19-22H2,1-3H3,(H,32,36)/t23-/m0/s1. The van der Waals surface area contributed by atoms with Crippen molar-refractivity contribution in [3.8, 4) is 5.75 Å². The molecule has 3 rings (SSSR count). The van der Waals surface area contributed by atoms with Crippen molar-refractivity contribution in [2.75, 3.05) is 30.5 Å². The van der Waals surface area contributed by atoms with Crippen LogP contribution in [0.1, 0.15) is 32.8 Å². The molecule has 0 bridgehead atoms. The highest BCUT2D eigenvalue weighted by Gasteiger charge is 2.33. The molecule has 0 saturated heterocycles. The van der Waals surface area contributed by atoms with E-state index in [-0.39, 0.29) is 23.0 Å². The Labute approximate surface area is 241 Å². The summed E-state index contributed by atoms with van der Waals surface area (Å²) in [5, 5.41) is 3.23. The molecule has 1 atom stereocenters. The summed E-state index contributed by atoms with van der Waals surface area (Å²) in [5.41, 5.74) is 1.22. The van der Waals surface area contributed by atoms with Gasteiger partial charge in [-0.1, -0.05) is 61.0 Å². The fourth-order valence-corrected chi connectivity index (χ4v) is 5.70. The summed E-state index contributed by atoms with van der Waals surface area (Å²) >= 11 is 6.01. The number of hydrogen-bond acceptors (Lipinski definition) is 5. The molecule has 40 heavy (non-hydrogen) atoms. The van der Waals surface area contributed by atoms with Gasteiger partial charge in [-0.15, -0.1) is 0 Å². The molecule has 8 nitrogen and oxygen atoms in total. The second-order valence-electron chi connectivity index (χ2n) is 9.16. The number of amides is 2. The van der Waals surface area contributed by atoms with Gasteiger partial charge in [0.25, 0.3) is 10.0 Å². The summed E-state index contributed by atoms with van der Waals surface area (Å²) in [5.74, 6) is -0.496. The Morgan fingerprint density at radius 2 is 1.60 bits per heavy atom. The predicted molar refractivity (Wildman–Crippen MR) is 158 cm³/mol. The Hall–Kier alpha value is -3.56. The van der Waals surface area contributed by atoms with Gasteiger partial charge in [-0.3, -0.25) is 13.9 Å². The number of benzene rings is 3. The van der Waals surface area contributed by atoms with E-state index >= 15 is 0 Å². The van der Waals surface area contributed by atoms with E-state index in [1.807, 2.05) is 37.3 Å². The average Bonchev–Trinajstić information content (AvgIpc) is 2.96. The van der Waals surface area contributed by atoms with Crippen LogP contribution in [0.25, 0.3) is 0 Å². The van der Waals surface area contributed by atoms with Crippen LogP contribution in [0.2, 0.25) is 5.02 Å². The number of carbonyl (C=O) groups is 2. The molecule has 0 aliphatic carbocycles. The van der Waals surface area contributed by atoms with Crippen LogP contribution in [0.4, 0.5) is 5.69 Å². The molecule has 0 aliphatic heterocycles. The zero-order valence-electron chi connectivity index (χ0n) is 23.0. The molecule has 0 saturated carbocycles. The Bertz CT molecular complexity index is 1370. The van der Waals surface area contributed by atoms with Gasteiger partial charge in [-0.2, -0.15) is 0 Å². The van der Waals surface area contributed by atoms with Crippen LogP contribution in [-0.2, 0) is 26.0 Å². The van der Waals surface area contributed by atoms with E-state index in [4.69, 9.17) is 16.3 Å². The second-order valence-corrected chi connectivity index (χ2v) is 11.5. The van der Waals surface area contributed by atoms with Crippen LogP contribution < -0.4 is 14.4 Å². The Kier molecular flexibility index (Phi) is 11.4. The molecule has 0 heterocycles. The van der Waals surface area contributed by atoms with Gasteiger partial charge in [0, 0.05) is 18.1 Å². The fourth-order valence-electron chi connectivity index (χ4n) is 4.15. The second kappa shape index (κ2) is 14.7. The number of nitrogens with zero attached hydrogens (tertiary/aromatic N) is 2. The van der Waals surface area contributed by atoms with E-state index in [9.17, 15) is 18.0 Å².